The number of benzene rings is 3. The molecule has 1 unspecified atom stereocenters. The second-order valence-electron chi connectivity index (χ2n) is 11.1. The molecule has 0 bridgehead atoms. The van der Waals surface area contributed by atoms with Gasteiger partial charge in [-0.3, -0.25) is 14.7 Å². The van der Waals surface area contributed by atoms with Gasteiger partial charge >= 0.3 is 6.03 Å². The summed E-state index contributed by atoms with van der Waals surface area (Å²) in [5.41, 5.74) is 3.49. The molecule has 4 aromatic rings. The van der Waals surface area contributed by atoms with E-state index in [4.69, 9.17) is 0 Å². The van der Waals surface area contributed by atoms with Crippen LogP contribution in [0.5, 0.6) is 5.75 Å². The number of nitrogens with one attached hydrogen (secondary N) is 2. The lowest BCUT2D eigenvalue weighted by atomic mass is 9.95. The third-order valence-electron chi connectivity index (χ3n) is 8.41. The number of phenols is 1. The third-order valence-corrected chi connectivity index (χ3v) is 8.41. The van der Waals surface area contributed by atoms with Crippen molar-refractivity contribution in [2.75, 3.05) is 19.6 Å². The van der Waals surface area contributed by atoms with E-state index in [9.17, 15) is 19.5 Å². The number of fused-ring (bicyclic) bond motifs is 2. The molecule has 11 heteroatoms. The largest absolute Gasteiger partial charge is 0.508 e. The maximum Gasteiger partial charge on any atom is 0.334 e. The lowest BCUT2D eigenvalue weighted by molar-refractivity contribution is -0.191. The molecule has 3 heterocycles. The topological polar surface area (TPSA) is 125 Å². The van der Waals surface area contributed by atoms with E-state index in [2.05, 4.69) is 22.1 Å². The highest BCUT2D eigenvalue weighted by atomic mass is 16.3. The minimum absolute atomic E-state index is 0.0789. The molecule has 0 saturated carbocycles. The fourth-order valence-electron chi connectivity index (χ4n) is 6.24. The number of piperazine rings is 1. The molecule has 3 aromatic carbocycles. The fourth-order valence-corrected chi connectivity index (χ4v) is 6.24. The number of hydrogen-bond acceptors (Lipinski definition) is 6. The second-order valence-corrected chi connectivity index (χ2v) is 11.1. The summed E-state index contributed by atoms with van der Waals surface area (Å²) < 4.78 is 0. The van der Waals surface area contributed by atoms with E-state index in [1.165, 1.54) is 0 Å². The Morgan fingerprint density at radius 2 is 1.86 bits per heavy atom. The first-order valence-corrected chi connectivity index (χ1v) is 14.6. The molecule has 44 heavy (non-hydrogen) atoms. The summed E-state index contributed by atoms with van der Waals surface area (Å²) >= 11 is 0. The average Bonchev–Trinajstić information content (AvgIpc) is 3.52. The van der Waals surface area contributed by atoms with Gasteiger partial charge in [-0.2, -0.15) is 5.10 Å². The molecule has 0 spiro atoms. The van der Waals surface area contributed by atoms with Gasteiger partial charge in [0.25, 0.3) is 0 Å². The predicted octanol–water partition coefficient (Wildman–Crippen LogP) is 3.57. The molecule has 6 rings (SSSR count). The number of amides is 4. The molecule has 2 saturated heterocycles. The smallest absolute Gasteiger partial charge is 0.334 e. The van der Waals surface area contributed by atoms with Gasteiger partial charge in [0.2, 0.25) is 11.8 Å². The van der Waals surface area contributed by atoms with Crippen LogP contribution in [0.2, 0.25) is 0 Å². The Kier molecular flexibility index (Phi) is 8.03. The first-order valence-electron chi connectivity index (χ1n) is 14.6. The van der Waals surface area contributed by atoms with Crippen LogP contribution in [0.15, 0.2) is 91.6 Å². The highest BCUT2D eigenvalue weighted by Crippen LogP contribution is 2.35. The van der Waals surface area contributed by atoms with E-state index >= 15 is 0 Å². The number of urea groups is 1. The number of aromatic hydroxyl groups is 1. The highest BCUT2D eigenvalue weighted by molar-refractivity contribution is 5.92. The van der Waals surface area contributed by atoms with E-state index in [1.807, 2.05) is 55.5 Å². The van der Waals surface area contributed by atoms with Crippen LogP contribution in [-0.2, 0) is 22.6 Å². The molecule has 3 atom stereocenters. The van der Waals surface area contributed by atoms with Gasteiger partial charge in [0.1, 0.15) is 18.0 Å². The zero-order valence-corrected chi connectivity index (χ0v) is 24.5. The zero-order chi connectivity index (χ0) is 30.8. The van der Waals surface area contributed by atoms with Crippen LogP contribution in [0, 0.1) is 0 Å². The SMILES string of the molecule is C=CCN1CC(=O)N2[C@@H](Cc3ccc(O)cc3)C(=O)N(C(C)c3cccc4[nH]ncc34)C[C@@H]2N1C(=O)NCc1ccccc1. The second kappa shape index (κ2) is 12.2. The standard InChI is InChI=1S/C33H35N7O4/c1-3-16-37-21-31(42)39-29(17-23-12-14-25(41)15-13-23)32(43)38(22(2)26-10-7-11-28-27(26)19-35-36-28)20-30(39)40(37)33(44)34-18-24-8-5-4-6-9-24/h3-15,19,22,29-30,41H,1,16-18,20-21H2,2H3,(H,34,44)(H,35,36)/t22?,29-,30-/m0/s1. The molecule has 11 nitrogen and oxygen atoms in total. The van der Waals surface area contributed by atoms with Gasteiger partial charge in [-0.25, -0.2) is 14.8 Å². The number of hydrazine groups is 1. The van der Waals surface area contributed by atoms with Crippen molar-refractivity contribution in [2.45, 2.75) is 38.1 Å². The molecule has 226 valence electrons. The third kappa shape index (κ3) is 5.49. The molecule has 2 aliphatic rings. The number of nitrogens with zero attached hydrogens (tertiary/aromatic N) is 5. The van der Waals surface area contributed by atoms with Crippen LogP contribution >= 0.6 is 0 Å². The summed E-state index contributed by atoms with van der Waals surface area (Å²) in [4.78, 5) is 45.5. The lowest BCUT2D eigenvalue weighted by Gasteiger charge is -2.56. The van der Waals surface area contributed by atoms with E-state index in [0.717, 1.165) is 27.6 Å². The summed E-state index contributed by atoms with van der Waals surface area (Å²) in [6.07, 6.45) is 2.86. The normalized spacial score (nSPS) is 19.6. The molecule has 1 aromatic heterocycles. The quantitative estimate of drug-likeness (QED) is 0.269. The number of H-pyrrole nitrogens is 1. The number of carbonyl (C=O) groups excluding carboxylic acids is 3. The highest BCUT2D eigenvalue weighted by Gasteiger charge is 2.52. The van der Waals surface area contributed by atoms with E-state index in [0.29, 0.717) is 6.54 Å². The number of phenolic OH excluding ortho intramolecular Hbond substituents is 1. The van der Waals surface area contributed by atoms with Gasteiger partial charge in [0.05, 0.1) is 30.8 Å². The van der Waals surface area contributed by atoms with E-state index < -0.39 is 12.2 Å². The first kappa shape index (κ1) is 28.9. The summed E-state index contributed by atoms with van der Waals surface area (Å²) in [7, 11) is 0. The van der Waals surface area contributed by atoms with E-state index in [1.54, 1.807) is 56.4 Å². The van der Waals surface area contributed by atoms with Gasteiger partial charge in [-0.15, -0.1) is 6.58 Å². The maximum atomic E-state index is 14.4. The minimum Gasteiger partial charge on any atom is -0.508 e. The van der Waals surface area contributed by atoms with Crippen molar-refractivity contribution in [3.05, 3.63) is 108 Å². The molecule has 4 amide bonds. The maximum absolute atomic E-state index is 14.4. The summed E-state index contributed by atoms with van der Waals surface area (Å²) in [6.45, 7) is 6.41. The van der Waals surface area contributed by atoms with Gasteiger partial charge in [-0.05, 0) is 41.8 Å². The summed E-state index contributed by atoms with van der Waals surface area (Å²) in [5.74, 6) is -0.344. The van der Waals surface area contributed by atoms with Gasteiger partial charge in [-0.1, -0.05) is 60.7 Å². The van der Waals surface area contributed by atoms with Gasteiger partial charge in [0.15, 0.2) is 0 Å². The van der Waals surface area contributed by atoms with Crippen molar-refractivity contribution in [1.29, 1.82) is 0 Å². The summed E-state index contributed by atoms with van der Waals surface area (Å²) in [6, 6.07) is 20.4. The Morgan fingerprint density at radius 3 is 2.61 bits per heavy atom. The van der Waals surface area contributed by atoms with E-state index in [-0.39, 0.29) is 55.7 Å². The van der Waals surface area contributed by atoms with Crippen molar-refractivity contribution < 1.29 is 19.5 Å². The predicted molar refractivity (Wildman–Crippen MR) is 165 cm³/mol. The minimum atomic E-state index is -0.868. The average molecular weight is 594 g/mol. The van der Waals surface area contributed by atoms with Crippen molar-refractivity contribution in [3.8, 4) is 5.75 Å². The van der Waals surface area contributed by atoms with Crippen molar-refractivity contribution >= 4 is 28.7 Å². The number of aromatic amines is 1. The van der Waals surface area contributed by atoms with Crippen molar-refractivity contribution in [1.82, 2.24) is 35.3 Å². The number of carbonyl (C=O) groups is 3. The molecule has 2 fully saturated rings. The van der Waals surface area contributed by atoms with Gasteiger partial charge in [0, 0.05) is 24.9 Å². The van der Waals surface area contributed by atoms with Crippen LogP contribution in [0.4, 0.5) is 4.79 Å². The fraction of sp³-hybridized carbons (Fsp3) is 0.273. The lowest BCUT2D eigenvalue weighted by Crippen LogP contribution is -2.76. The van der Waals surface area contributed by atoms with Crippen LogP contribution in [0.25, 0.3) is 10.9 Å². The first-order chi connectivity index (χ1) is 21.4. The van der Waals surface area contributed by atoms with Crippen LogP contribution in [-0.4, -0.2) is 84.8 Å². The Hall–Kier alpha value is -5.16. The number of aromatic nitrogens is 2. The Labute approximate surface area is 255 Å². The number of rotatable bonds is 8. The molecule has 0 aliphatic carbocycles. The van der Waals surface area contributed by atoms with Crippen LogP contribution < -0.4 is 5.32 Å². The molecule has 0 radical (unpaired) electrons. The monoisotopic (exact) mass is 593 g/mol. The molecular formula is C33H35N7O4. The zero-order valence-electron chi connectivity index (χ0n) is 24.5. The Bertz CT molecular complexity index is 1670. The number of hydrogen-bond donors (Lipinski definition) is 3. The van der Waals surface area contributed by atoms with Crippen molar-refractivity contribution in [3.63, 3.8) is 0 Å². The summed E-state index contributed by atoms with van der Waals surface area (Å²) in [5, 5.41) is 24.2. The Morgan fingerprint density at radius 1 is 1.09 bits per heavy atom. The van der Waals surface area contributed by atoms with Crippen LogP contribution in [0.1, 0.15) is 29.7 Å². The van der Waals surface area contributed by atoms with Gasteiger partial charge < -0.3 is 20.2 Å². The van der Waals surface area contributed by atoms with Crippen molar-refractivity contribution in [2.24, 2.45) is 0 Å². The molecule has 2 aliphatic heterocycles. The molecule has 3 N–H and O–H groups in total. The Balaban J connectivity index is 1.39. The molecular weight excluding hydrogens is 558 g/mol. The van der Waals surface area contributed by atoms with Crippen LogP contribution in [0.3, 0.4) is 0 Å².